The molecule has 1 aliphatic rings. The van der Waals surface area contributed by atoms with E-state index in [1.54, 1.807) is 19.1 Å². The molecule has 5 rings (SSSR count). The summed E-state index contributed by atoms with van der Waals surface area (Å²) in [5.74, 6) is -0.198. The Bertz CT molecular complexity index is 1190. The summed E-state index contributed by atoms with van der Waals surface area (Å²) in [5.41, 5.74) is 3.83. The van der Waals surface area contributed by atoms with Crippen molar-refractivity contribution in [3.63, 3.8) is 0 Å². The van der Waals surface area contributed by atoms with Crippen LogP contribution in [0.1, 0.15) is 40.5 Å². The number of anilines is 1. The number of rotatable bonds is 4. The van der Waals surface area contributed by atoms with E-state index in [4.69, 9.17) is 4.52 Å². The molecule has 28 heavy (non-hydrogen) atoms. The second kappa shape index (κ2) is 6.49. The zero-order valence-corrected chi connectivity index (χ0v) is 15.7. The maximum Gasteiger partial charge on any atom is 0.259 e. The van der Waals surface area contributed by atoms with Crippen LogP contribution < -0.4 is 5.32 Å². The Labute approximate surface area is 163 Å². The quantitative estimate of drug-likeness (QED) is 0.531. The lowest BCUT2D eigenvalue weighted by molar-refractivity contribution is 0.102. The molecule has 1 amide bonds. The number of hydrogen-bond acceptors (Lipinski definition) is 6. The van der Waals surface area contributed by atoms with Gasteiger partial charge in [-0.2, -0.15) is 0 Å². The molecule has 0 spiro atoms. The summed E-state index contributed by atoms with van der Waals surface area (Å²) in [7, 11) is 0. The monoisotopic (exact) mass is 394 g/mol. The molecule has 0 atom stereocenters. The molecule has 0 saturated heterocycles. The molecule has 140 valence electrons. The first kappa shape index (κ1) is 17.0. The standard InChI is InChI=1S/C20H15FN4O2S/c1-10-17-14(8-15(11-2-3-11)22-19(17)27-25-10)18(26)24-20-23-16(9-28-20)12-4-6-13(21)7-5-12/h4-9,11H,2-3H2,1H3,(H,23,24,26). The van der Waals surface area contributed by atoms with Crippen LogP contribution in [-0.4, -0.2) is 21.0 Å². The molecule has 3 heterocycles. The zero-order chi connectivity index (χ0) is 19.3. The number of nitrogens with zero attached hydrogens (tertiary/aromatic N) is 3. The lowest BCUT2D eigenvalue weighted by Crippen LogP contribution is -2.13. The predicted molar refractivity (Wildman–Crippen MR) is 104 cm³/mol. The Balaban J connectivity index is 1.46. The average Bonchev–Trinajstić information content (AvgIpc) is 3.34. The molecule has 0 aliphatic heterocycles. The Morgan fingerprint density at radius 3 is 2.79 bits per heavy atom. The minimum atomic E-state index is -0.301. The van der Waals surface area contributed by atoms with Crippen molar-refractivity contribution in [3.8, 4) is 11.3 Å². The van der Waals surface area contributed by atoms with Crippen LogP contribution >= 0.6 is 11.3 Å². The Hall–Kier alpha value is -3.13. The van der Waals surface area contributed by atoms with Crippen molar-refractivity contribution < 1.29 is 13.7 Å². The van der Waals surface area contributed by atoms with Crippen molar-refractivity contribution in [2.45, 2.75) is 25.7 Å². The fourth-order valence-corrected chi connectivity index (χ4v) is 3.84. The highest BCUT2D eigenvalue weighted by atomic mass is 32.1. The number of hydrogen-bond donors (Lipinski definition) is 1. The predicted octanol–water partition coefficient (Wildman–Crippen LogP) is 4.92. The molecule has 0 radical (unpaired) electrons. The molecule has 1 N–H and O–H groups in total. The summed E-state index contributed by atoms with van der Waals surface area (Å²) >= 11 is 1.31. The number of aryl methyl sites for hydroxylation is 1. The highest BCUT2D eigenvalue weighted by molar-refractivity contribution is 7.14. The molecule has 3 aromatic heterocycles. The summed E-state index contributed by atoms with van der Waals surface area (Å²) in [4.78, 5) is 21.9. The SMILES string of the molecule is Cc1noc2nc(C3CC3)cc(C(=O)Nc3nc(-c4ccc(F)cc4)cs3)c12. The number of carbonyl (C=O) groups excluding carboxylic acids is 1. The van der Waals surface area contributed by atoms with Gasteiger partial charge in [0.15, 0.2) is 5.13 Å². The van der Waals surface area contributed by atoms with Gasteiger partial charge < -0.3 is 4.52 Å². The van der Waals surface area contributed by atoms with Crippen LogP contribution in [0, 0.1) is 12.7 Å². The molecule has 1 aromatic carbocycles. The Kier molecular flexibility index (Phi) is 3.94. The van der Waals surface area contributed by atoms with E-state index in [9.17, 15) is 9.18 Å². The number of benzene rings is 1. The van der Waals surface area contributed by atoms with Gasteiger partial charge in [-0.15, -0.1) is 11.3 Å². The van der Waals surface area contributed by atoms with E-state index in [2.05, 4.69) is 20.4 Å². The fourth-order valence-electron chi connectivity index (χ4n) is 3.13. The van der Waals surface area contributed by atoms with E-state index in [0.717, 1.165) is 24.1 Å². The van der Waals surface area contributed by atoms with Gasteiger partial charge in [0.1, 0.15) is 5.82 Å². The molecule has 0 unspecified atom stereocenters. The van der Waals surface area contributed by atoms with E-state index >= 15 is 0 Å². The summed E-state index contributed by atoms with van der Waals surface area (Å²) in [6.07, 6.45) is 2.14. The third-order valence-electron chi connectivity index (χ3n) is 4.74. The molecular weight excluding hydrogens is 379 g/mol. The van der Waals surface area contributed by atoms with E-state index in [0.29, 0.717) is 39.1 Å². The lowest BCUT2D eigenvalue weighted by Gasteiger charge is -2.06. The van der Waals surface area contributed by atoms with Gasteiger partial charge in [-0.1, -0.05) is 5.16 Å². The van der Waals surface area contributed by atoms with Crippen molar-refractivity contribution in [3.05, 3.63) is 58.5 Å². The number of aromatic nitrogens is 3. The van der Waals surface area contributed by atoms with Crippen molar-refractivity contribution in [2.75, 3.05) is 5.32 Å². The largest absolute Gasteiger partial charge is 0.336 e. The van der Waals surface area contributed by atoms with Crippen molar-refractivity contribution in [1.82, 2.24) is 15.1 Å². The van der Waals surface area contributed by atoms with Crippen molar-refractivity contribution in [2.24, 2.45) is 0 Å². The van der Waals surface area contributed by atoms with Crippen LogP contribution in [0.2, 0.25) is 0 Å². The number of halogens is 1. The highest BCUT2D eigenvalue weighted by Gasteiger charge is 2.28. The fraction of sp³-hybridized carbons (Fsp3) is 0.200. The van der Waals surface area contributed by atoms with Crippen molar-refractivity contribution in [1.29, 1.82) is 0 Å². The second-order valence-electron chi connectivity index (χ2n) is 6.82. The Morgan fingerprint density at radius 2 is 2.04 bits per heavy atom. The number of fused-ring (bicyclic) bond motifs is 1. The lowest BCUT2D eigenvalue weighted by atomic mass is 10.1. The van der Waals surface area contributed by atoms with Crippen LogP contribution in [0.15, 0.2) is 40.2 Å². The molecule has 8 heteroatoms. The van der Waals surface area contributed by atoms with E-state index in [-0.39, 0.29) is 11.7 Å². The van der Waals surface area contributed by atoms with Gasteiger partial charge in [0.2, 0.25) is 0 Å². The second-order valence-corrected chi connectivity index (χ2v) is 7.67. The van der Waals surface area contributed by atoms with E-state index in [1.165, 1.54) is 23.5 Å². The molecule has 6 nitrogen and oxygen atoms in total. The Morgan fingerprint density at radius 1 is 1.25 bits per heavy atom. The number of pyridine rings is 1. The van der Waals surface area contributed by atoms with Crippen LogP contribution in [0.5, 0.6) is 0 Å². The molecule has 1 fully saturated rings. The first-order chi connectivity index (χ1) is 13.6. The minimum absolute atomic E-state index is 0.277. The highest BCUT2D eigenvalue weighted by Crippen LogP contribution is 2.40. The van der Waals surface area contributed by atoms with Gasteiger partial charge in [-0.25, -0.2) is 14.4 Å². The van der Waals surface area contributed by atoms with Gasteiger partial charge >= 0.3 is 0 Å². The molecule has 4 aromatic rings. The first-order valence-electron chi connectivity index (χ1n) is 8.88. The topological polar surface area (TPSA) is 80.9 Å². The number of thiazole rings is 1. The average molecular weight is 394 g/mol. The third kappa shape index (κ3) is 3.05. The summed E-state index contributed by atoms with van der Waals surface area (Å²) in [6, 6.07) is 7.91. The van der Waals surface area contributed by atoms with Gasteiger partial charge in [0.05, 0.1) is 22.3 Å². The molecule has 0 bridgehead atoms. The summed E-state index contributed by atoms with van der Waals surface area (Å²) in [5, 5.41) is 9.73. The summed E-state index contributed by atoms with van der Waals surface area (Å²) < 4.78 is 18.4. The van der Waals surface area contributed by atoms with Gasteiger partial charge in [0, 0.05) is 22.6 Å². The van der Waals surface area contributed by atoms with Gasteiger partial charge in [0.25, 0.3) is 11.6 Å². The number of carbonyl (C=O) groups is 1. The van der Waals surface area contributed by atoms with Crippen molar-refractivity contribution >= 4 is 33.5 Å². The van der Waals surface area contributed by atoms with Crippen LogP contribution in [-0.2, 0) is 0 Å². The third-order valence-corrected chi connectivity index (χ3v) is 5.50. The molecule has 1 aliphatic carbocycles. The van der Waals surface area contributed by atoms with Crippen LogP contribution in [0.4, 0.5) is 9.52 Å². The van der Waals surface area contributed by atoms with E-state index < -0.39 is 0 Å². The summed E-state index contributed by atoms with van der Waals surface area (Å²) in [6.45, 7) is 1.79. The van der Waals surface area contributed by atoms with Crippen LogP contribution in [0.25, 0.3) is 22.4 Å². The first-order valence-corrected chi connectivity index (χ1v) is 9.76. The maximum atomic E-state index is 13.1. The van der Waals surface area contributed by atoms with Gasteiger partial charge in [-0.05, 0) is 50.1 Å². The minimum Gasteiger partial charge on any atom is -0.336 e. The van der Waals surface area contributed by atoms with Gasteiger partial charge in [-0.3, -0.25) is 10.1 Å². The molecular formula is C20H15FN4O2S. The smallest absolute Gasteiger partial charge is 0.259 e. The normalized spacial score (nSPS) is 13.8. The number of nitrogens with one attached hydrogen (secondary N) is 1. The zero-order valence-electron chi connectivity index (χ0n) is 14.9. The maximum absolute atomic E-state index is 13.1. The van der Waals surface area contributed by atoms with E-state index in [1.807, 2.05) is 11.4 Å². The molecule has 1 saturated carbocycles. The number of amides is 1. The van der Waals surface area contributed by atoms with Crippen LogP contribution in [0.3, 0.4) is 0 Å².